The number of rotatable bonds is 3. The number of hydrogen-bond donors (Lipinski definition) is 2. The number of halogens is 1. The molecule has 0 amide bonds. The highest BCUT2D eigenvalue weighted by atomic mass is 35.5. The van der Waals surface area contributed by atoms with Gasteiger partial charge in [0.25, 0.3) is 0 Å². The van der Waals surface area contributed by atoms with Crippen LogP contribution in [0.3, 0.4) is 0 Å². The molecule has 0 radical (unpaired) electrons. The number of fused-ring (bicyclic) bond motifs is 3. The summed E-state index contributed by atoms with van der Waals surface area (Å²) in [7, 11) is 0. The molecule has 6 rings (SSSR count). The SMILES string of the molecule is OCc1cc2nccc(-c3cc(Cl)cc4c3O[C@@H](c3onc5c3CNCC5)CC4)c2s1. The lowest BCUT2D eigenvalue weighted by molar-refractivity contribution is 0.140. The molecule has 1 aromatic carbocycles. The normalized spacial score (nSPS) is 17.9. The van der Waals surface area contributed by atoms with Crippen molar-refractivity contribution < 1.29 is 14.4 Å². The van der Waals surface area contributed by atoms with Gasteiger partial charge in [0.2, 0.25) is 0 Å². The molecule has 2 aliphatic heterocycles. The maximum Gasteiger partial charge on any atom is 0.181 e. The molecule has 158 valence electrons. The summed E-state index contributed by atoms with van der Waals surface area (Å²) in [6.45, 7) is 1.68. The number of aromatic nitrogens is 2. The van der Waals surface area contributed by atoms with Gasteiger partial charge in [0.1, 0.15) is 5.75 Å². The fourth-order valence-electron chi connectivity index (χ4n) is 4.54. The Bertz CT molecular complexity index is 1300. The van der Waals surface area contributed by atoms with Crippen LogP contribution in [0.15, 0.2) is 35.0 Å². The molecule has 6 nitrogen and oxygen atoms in total. The molecule has 0 unspecified atom stereocenters. The number of hydrogen-bond acceptors (Lipinski definition) is 7. The van der Waals surface area contributed by atoms with E-state index in [0.29, 0.717) is 5.02 Å². The second-order valence-corrected chi connectivity index (χ2v) is 9.50. The van der Waals surface area contributed by atoms with Crippen molar-refractivity contribution in [2.24, 2.45) is 0 Å². The fourth-order valence-corrected chi connectivity index (χ4v) is 5.78. The van der Waals surface area contributed by atoms with Gasteiger partial charge in [0.15, 0.2) is 11.9 Å². The Morgan fingerprint density at radius 1 is 1.23 bits per heavy atom. The van der Waals surface area contributed by atoms with Gasteiger partial charge in [-0.1, -0.05) is 16.8 Å². The lowest BCUT2D eigenvalue weighted by Crippen LogP contribution is -2.25. The van der Waals surface area contributed by atoms with Crippen LogP contribution in [0.5, 0.6) is 5.75 Å². The van der Waals surface area contributed by atoms with Crippen LogP contribution in [-0.2, 0) is 26.0 Å². The smallest absolute Gasteiger partial charge is 0.181 e. The second kappa shape index (κ2) is 7.60. The maximum atomic E-state index is 9.59. The van der Waals surface area contributed by atoms with E-state index in [1.807, 2.05) is 24.3 Å². The van der Waals surface area contributed by atoms with Crippen LogP contribution in [0, 0.1) is 0 Å². The topological polar surface area (TPSA) is 80.4 Å². The van der Waals surface area contributed by atoms with Crippen molar-refractivity contribution >= 4 is 33.2 Å². The van der Waals surface area contributed by atoms with E-state index in [1.54, 1.807) is 17.5 Å². The number of aryl methyl sites for hydroxylation is 1. The number of thiophene rings is 1. The predicted molar refractivity (Wildman–Crippen MR) is 120 cm³/mol. The molecule has 8 heteroatoms. The Kier molecular flexibility index (Phi) is 4.72. The van der Waals surface area contributed by atoms with Gasteiger partial charge in [-0.05, 0) is 42.7 Å². The number of pyridine rings is 1. The van der Waals surface area contributed by atoms with Crippen molar-refractivity contribution in [1.29, 1.82) is 0 Å². The molecular formula is C23H20ClN3O3S. The number of nitrogens with one attached hydrogen (secondary N) is 1. The highest BCUT2D eigenvalue weighted by molar-refractivity contribution is 7.19. The lowest BCUT2D eigenvalue weighted by Gasteiger charge is -2.28. The van der Waals surface area contributed by atoms with Crippen LogP contribution in [-0.4, -0.2) is 21.8 Å². The summed E-state index contributed by atoms with van der Waals surface area (Å²) in [6.07, 6.45) is 4.14. The first-order valence-corrected chi connectivity index (χ1v) is 11.6. The van der Waals surface area contributed by atoms with E-state index in [4.69, 9.17) is 20.9 Å². The van der Waals surface area contributed by atoms with E-state index in [1.165, 1.54) is 0 Å². The molecule has 31 heavy (non-hydrogen) atoms. The van der Waals surface area contributed by atoms with Gasteiger partial charge in [-0.3, -0.25) is 4.98 Å². The van der Waals surface area contributed by atoms with E-state index in [9.17, 15) is 5.11 Å². The Labute approximate surface area is 187 Å². The number of ether oxygens (including phenoxy) is 1. The summed E-state index contributed by atoms with van der Waals surface area (Å²) in [5, 5.41) is 18.0. The maximum absolute atomic E-state index is 9.59. The average Bonchev–Trinajstić information content (AvgIpc) is 3.42. The summed E-state index contributed by atoms with van der Waals surface area (Å²) in [5.41, 5.74) is 6.07. The first-order valence-electron chi connectivity index (χ1n) is 10.4. The molecule has 4 aromatic rings. The summed E-state index contributed by atoms with van der Waals surface area (Å²) in [4.78, 5) is 5.35. The minimum atomic E-state index is -0.183. The molecule has 0 spiro atoms. The molecule has 0 saturated carbocycles. The molecule has 0 saturated heterocycles. The van der Waals surface area contributed by atoms with Crippen LogP contribution < -0.4 is 10.1 Å². The zero-order chi connectivity index (χ0) is 20.9. The summed E-state index contributed by atoms with van der Waals surface area (Å²) >= 11 is 8.05. The van der Waals surface area contributed by atoms with Gasteiger partial charge < -0.3 is 19.7 Å². The van der Waals surface area contributed by atoms with Gasteiger partial charge in [0.05, 0.1) is 22.5 Å². The zero-order valence-corrected chi connectivity index (χ0v) is 18.2. The summed E-state index contributed by atoms with van der Waals surface area (Å²) in [5.74, 6) is 1.66. The average molecular weight is 454 g/mol. The predicted octanol–water partition coefficient (Wildman–Crippen LogP) is 4.81. The zero-order valence-electron chi connectivity index (χ0n) is 16.7. The Morgan fingerprint density at radius 3 is 3.06 bits per heavy atom. The molecular weight excluding hydrogens is 434 g/mol. The third-order valence-corrected chi connectivity index (χ3v) is 7.37. The fraction of sp³-hybridized carbons (Fsp3) is 0.304. The molecule has 0 bridgehead atoms. The first-order chi connectivity index (χ1) is 15.2. The number of benzene rings is 1. The molecule has 2 N–H and O–H groups in total. The van der Waals surface area contributed by atoms with Crippen molar-refractivity contribution in [1.82, 2.24) is 15.5 Å². The van der Waals surface area contributed by atoms with Crippen molar-refractivity contribution in [3.8, 4) is 16.9 Å². The van der Waals surface area contributed by atoms with Gasteiger partial charge in [-0.15, -0.1) is 11.3 Å². The highest BCUT2D eigenvalue weighted by Gasteiger charge is 2.32. The van der Waals surface area contributed by atoms with E-state index >= 15 is 0 Å². The highest BCUT2D eigenvalue weighted by Crippen LogP contribution is 2.46. The van der Waals surface area contributed by atoms with Crippen molar-refractivity contribution in [3.05, 3.63) is 62.9 Å². The minimum Gasteiger partial charge on any atom is -0.481 e. The monoisotopic (exact) mass is 453 g/mol. The molecule has 3 aromatic heterocycles. The summed E-state index contributed by atoms with van der Waals surface area (Å²) < 4.78 is 13.3. The molecule has 2 aliphatic rings. The minimum absolute atomic E-state index is 0.00265. The van der Waals surface area contributed by atoms with Crippen molar-refractivity contribution in [3.63, 3.8) is 0 Å². The largest absolute Gasteiger partial charge is 0.481 e. The Hall–Kier alpha value is -2.45. The van der Waals surface area contributed by atoms with E-state index in [0.717, 1.165) is 86.9 Å². The van der Waals surface area contributed by atoms with E-state index in [2.05, 4.69) is 15.5 Å². The van der Waals surface area contributed by atoms with Crippen LogP contribution >= 0.6 is 22.9 Å². The molecule has 5 heterocycles. The van der Waals surface area contributed by atoms with Crippen LogP contribution in [0.2, 0.25) is 5.02 Å². The van der Waals surface area contributed by atoms with Crippen molar-refractivity contribution in [2.75, 3.05) is 6.54 Å². The number of nitrogens with zero attached hydrogens (tertiary/aromatic N) is 2. The van der Waals surface area contributed by atoms with E-state index < -0.39 is 0 Å². The van der Waals surface area contributed by atoms with Crippen LogP contribution in [0.25, 0.3) is 21.3 Å². The molecule has 1 atom stereocenters. The number of aliphatic hydroxyl groups is 1. The standard InChI is InChI=1S/C23H20ClN3O3S/c24-13-7-12-1-2-20(22-17-10-25-5-4-18(17)27-30-22)29-21(12)16(8-13)15-3-6-26-19-9-14(11-28)31-23(15)19/h3,6-9,20,25,28H,1-2,4-5,10-11H2/t20-/m1/s1. The van der Waals surface area contributed by atoms with Gasteiger partial charge >= 0.3 is 0 Å². The third-order valence-electron chi connectivity index (χ3n) is 6.01. The van der Waals surface area contributed by atoms with Crippen molar-refractivity contribution in [2.45, 2.75) is 38.5 Å². The van der Waals surface area contributed by atoms with E-state index in [-0.39, 0.29) is 12.7 Å². The molecule has 0 fully saturated rings. The van der Waals surface area contributed by atoms with Crippen LogP contribution in [0.4, 0.5) is 0 Å². The lowest BCUT2D eigenvalue weighted by atomic mass is 9.93. The second-order valence-electron chi connectivity index (χ2n) is 7.93. The first kappa shape index (κ1) is 19.3. The van der Waals surface area contributed by atoms with Gasteiger partial charge in [-0.2, -0.15) is 0 Å². The quantitative estimate of drug-likeness (QED) is 0.463. The van der Waals surface area contributed by atoms with Gasteiger partial charge in [-0.25, -0.2) is 0 Å². The summed E-state index contributed by atoms with van der Waals surface area (Å²) in [6, 6.07) is 7.85. The third kappa shape index (κ3) is 3.24. The van der Waals surface area contributed by atoms with Gasteiger partial charge in [0, 0.05) is 52.3 Å². The van der Waals surface area contributed by atoms with Crippen LogP contribution in [0.1, 0.15) is 40.0 Å². The number of aliphatic hydroxyl groups excluding tert-OH is 1. The molecule has 0 aliphatic carbocycles. The Balaban J connectivity index is 1.46. The Morgan fingerprint density at radius 2 is 2.16 bits per heavy atom.